The molecule has 34 heavy (non-hydrogen) atoms. The summed E-state index contributed by atoms with van der Waals surface area (Å²) in [5.41, 5.74) is 2.39. The second kappa shape index (κ2) is 13.4. The van der Waals surface area contributed by atoms with Crippen LogP contribution in [0.25, 0.3) is 11.1 Å². The van der Waals surface area contributed by atoms with Crippen molar-refractivity contribution >= 4 is 40.9 Å². The second-order valence-electron chi connectivity index (χ2n) is 7.82. The highest BCUT2D eigenvalue weighted by atomic mass is 35.5. The molecule has 2 rings (SSSR count). The maximum atomic E-state index is 12.2. The summed E-state index contributed by atoms with van der Waals surface area (Å²) in [6.07, 6.45) is -3.67. The first kappa shape index (κ1) is 27.8. The number of ether oxygens (including phenoxy) is 1. The summed E-state index contributed by atoms with van der Waals surface area (Å²) in [7, 11) is 1.34. The molecule has 2 aromatic carbocycles. The van der Waals surface area contributed by atoms with E-state index in [0.29, 0.717) is 10.0 Å². The molecule has 8 nitrogen and oxygen atoms in total. The van der Waals surface area contributed by atoms with Crippen LogP contribution in [0.15, 0.2) is 42.5 Å². The number of amides is 1. The predicted molar refractivity (Wildman–Crippen MR) is 128 cm³/mol. The van der Waals surface area contributed by atoms with E-state index in [1.54, 1.807) is 30.3 Å². The molecule has 0 spiro atoms. The van der Waals surface area contributed by atoms with Crippen molar-refractivity contribution in [1.82, 2.24) is 5.32 Å². The monoisotopic (exact) mass is 511 g/mol. The van der Waals surface area contributed by atoms with Crippen LogP contribution in [-0.4, -0.2) is 64.9 Å². The molecule has 0 unspecified atom stereocenters. The van der Waals surface area contributed by atoms with Crippen molar-refractivity contribution in [3.05, 3.63) is 58.1 Å². The maximum absolute atomic E-state index is 12.2. The van der Waals surface area contributed by atoms with Crippen LogP contribution in [0.2, 0.25) is 10.0 Å². The molecular formula is C24H27Cl2NO7. The Kier molecular flexibility index (Phi) is 10.9. The summed E-state index contributed by atoms with van der Waals surface area (Å²) in [4.78, 5) is 34.9. The molecule has 0 aromatic heterocycles. The van der Waals surface area contributed by atoms with E-state index in [1.807, 2.05) is 12.1 Å². The summed E-state index contributed by atoms with van der Waals surface area (Å²) in [6.45, 7) is -0.264. The van der Waals surface area contributed by atoms with Crippen LogP contribution in [-0.2, 0) is 25.5 Å². The number of halogens is 2. The number of Topliss-reactive ketones (excluding diaryl/α,β-unsaturated/α-hetero) is 1. The van der Waals surface area contributed by atoms with E-state index in [0.717, 1.165) is 16.7 Å². The summed E-state index contributed by atoms with van der Waals surface area (Å²) in [5, 5.41) is 33.3. The van der Waals surface area contributed by atoms with Gasteiger partial charge in [-0.15, -0.1) is 0 Å². The van der Waals surface area contributed by atoms with Crippen LogP contribution < -0.4 is 5.32 Å². The Balaban J connectivity index is 2.15. The van der Waals surface area contributed by atoms with Gasteiger partial charge in [0.2, 0.25) is 5.91 Å². The molecule has 0 heterocycles. The quantitative estimate of drug-likeness (QED) is 0.324. The lowest BCUT2D eigenvalue weighted by Crippen LogP contribution is -2.52. The van der Waals surface area contributed by atoms with Crippen molar-refractivity contribution in [3.63, 3.8) is 0 Å². The Morgan fingerprint density at radius 3 is 2.15 bits per heavy atom. The minimum absolute atomic E-state index is 0.0353. The first-order chi connectivity index (χ1) is 16.1. The summed E-state index contributed by atoms with van der Waals surface area (Å²) < 4.78 is 4.80. The summed E-state index contributed by atoms with van der Waals surface area (Å²) in [6, 6.07) is 11.4. The number of carboxylic acids is 1. The largest absolute Gasteiger partial charge is 0.481 e. The molecular weight excluding hydrogens is 485 g/mol. The van der Waals surface area contributed by atoms with Gasteiger partial charge in [-0.3, -0.25) is 14.4 Å². The predicted octanol–water partition coefficient (Wildman–Crippen LogP) is 2.88. The van der Waals surface area contributed by atoms with E-state index < -0.39 is 35.9 Å². The fraction of sp³-hybridized carbons (Fsp3) is 0.375. The van der Waals surface area contributed by atoms with E-state index in [-0.39, 0.29) is 32.3 Å². The zero-order valence-electron chi connectivity index (χ0n) is 18.5. The van der Waals surface area contributed by atoms with Gasteiger partial charge in [-0.25, -0.2) is 0 Å². The fourth-order valence-corrected chi connectivity index (χ4v) is 3.94. The van der Waals surface area contributed by atoms with Gasteiger partial charge in [0.1, 0.15) is 18.8 Å². The van der Waals surface area contributed by atoms with Crippen molar-refractivity contribution < 1.29 is 34.4 Å². The fourth-order valence-electron chi connectivity index (χ4n) is 3.42. The zero-order valence-corrected chi connectivity index (χ0v) is 20.1. The molecule has 3 atom stereocenters. The normalized spacial score (nSPS) is 13.7. The number of benzene rings is 2. The lowest BCUT2D eigenvalue weighted by atomic mass is 9.93. The van der Waals surface area contributed by atoms with E-state index in [4.69, 9.17) is 33.0 Å². The van der Waals surface area contributed by atoms with Crippen molar-refractivity contribution in [2.24, 2.45) is 0 Å². The molecule has 0 fully saturated rings. The van der Waals surface area contributed by atoms with Crippen LogP contribution in [0, 0.1) is 0 Å². The lowest BCUT2D eigenvalue weighted by molar-refractivity contribution is -0.138. The lowest BCUT2D eigenvalue weighted by Gasteiger charge is -2.27. The van der Waals surface area contributed by atoms with E-state index in [1.165, 1.54) is 7.11 Å². The highest BCUT2D eigenvalue weighted by Crippen LogP contribution is 2.27. The van der Waals surface area contributed by atoms with Crippen molar-refractivity contribution in [2.75, 3.05) is 13.7 Å². The minimum atomic E-state index is -1.78. The third-order valence-electron chi connectivity index (χ3n) is 5.11. The van der Waals surface area contributed by atoms with E-state index >= 15 is 0 Å². The molecule has 0 aliphatic heterocycles. The topological polar surface area (TPSA) is 133 Å². The van der Waals surface area contributed by atoms with Gasteiger partial charge < -0.3 is 25.4 Å². The first-order valence-corrected chi connectivity index (χ1v) is 11.3. The average Bonchev–Trinajstić information content (AvgIpc) is 2.77. The van der Waals surface area contributed by atoms with Crippen LogP contribution >= 0.6 is 23.2 Å². The summed E-state index contributed by atoms with van der Waals surface area (Å²) in [5.74, 6) is -2.29. The van der Waals surface area contributed by atoms with E-state index in [2.05, 4.69) is 5.32 Å². The number of nitrogens with one attached hydrogen (secondary N) is 1. The number of ketones is 1. The third kappa shape index (κ3) is 8.70. The molecule has 0 saturated carbocycles. The van der Waals surface area contributed by atoms with Gasteiger partial charge in [-0.1, -0.05) is 47.5 Å². The molecule has 10 heteroatoms. The number of rotatable bonds is 13. The van der Waals surface area contributed by atoms with Gasteiger partial charge >= 0.3 is 5.97 Å². The number of aliphatic hydroxyl groups is 2. The molecule has 0 aliphatic rings. The van der Waals surface area contributed by atoms with Gasteiger partial charge in [0, 0.05) is 30.0 Å². The number of hydrogen-bond donors (Lipinski definition) is 4. The molecule has 0 saturated heterocycles. The molecule has 1 amide bonds. The van der Waals surface area contributed by atoms with Gasteiger partial charge in [0.05, 0.1) is 6.04 Å². The molecule has 184 valence electrons. The molecule has 0 bridgehead atoms. The smallest absolute Gasteiger partial charge is 0.303 e. The van der Waals surface area contributed by atoms with Crippen molar-refractivity contribution in [2.45, 2.75) is 43.9 Å². The average molecular weight is 512 g/mol. The van der Waals surface area contributed by atoms with Crippen LogP contribution in [0.3, 0.4) is 0 Å². The van der Waals surface area contributed by atoms with Gasteiger partial charge in [-0.2, -0.15) is 0 Å². The van der Waals surface area contributed by atoms with Gasteiger partial charge in [0.15, 0.2) is 5.78 Å². The van der Waals surface area contributed by atoms with Gasteiger partial charge in [-0.05, 0) is 47.7 Å². The Labute approximate surface area is 207 Å². The Bertz CT molecular complexity index is 977. The second-order valence-corrected chi connectivity index (χ2v) is 8.69. The van der Waals surface area contributed by atoms with Crippen LogP contribution in [0.4, 0.5) is 0 Å². The highest BCUT2D eigenvalue weighted by Gasteiger charge is 2.32. The maximum Gasteiger partial charge on any atom is 0.303 e. The van der Waals surface area contributed by atoms with Crippen LogP contribution in [0.5, 0.6) is 0 Å². The molecule has 4 N–H and O–H groups in total. The van der Waals surface area contributed by atoms with Crippen LogP contribution in [0.1, 0.15) is 24.8 Å². The number of carboxylic acid groups (broad SMARTS) is 1. The Morgan fingerprint density at radius 2 is 1.59 bits per heavy atom. The minimum Gasteiger partial charge on any atom is -0.481 e. The number of hydrogen-bond acceptors (Lipinski definition) is 6. The van der Waals surface area contributed by atoms with Crippen molar-refractivity contribution in [1.29, 1.82) is 0 Å². The van der Waals surface area contributed by atoms with Crippen molar-refractivity contribution in [3.8, 4) is 11.1 Å². The number of aliphatic hydroxyl groups excluding tert-OH is 2. The third-order valence-corrected chi connectivity index (χ3v) is 5.54. The first-order valence-electron chi connectivity index (χ1n) is 10.5. The summed E-state index contributed by atoms with van der Waals surface area (Å²) >= 11 is 12.1. The zero-order chi connectivity index (χ0) is 25.3. The highest BCUT2D eigenvalue weighted by molar-refractivity contribution is 6.35. The number of aliphatic carboxylic acids is 1. The number of carbonyl (C=O) groups is 3. The van der Waals surface area contributed by atoms with Gasteiger partial charge in [0.25, 0.3) is 0 Å². The Hall–Kier alpha value is -2.49. The standard InChI is InChI=1S/C24H27Cl2NO7/c1-34-13-21(29)27-19(23(32)24(33)20(28)3-2-4-22(30)31)9-14-5-7-15(8-6-14)16-10-17(25)12-18(26)11-16/h5-8,10-12,19,23-24,32-33H,2-4,9,13H2,1H3,(H,27,29)(H,30,31)/t19-,23-,24-/m0/s1. The molecule has 0 aliphatic carbocycles. The molecule has 2 aromatic rings. The van der Waals surface area contributed by atoms with E-state index in [9.17, 15) is 24.6 Å². The SMILES string of the molecule is COCC(=O)N[C@@H](Cc1ccc(-c2cc(Cl)cc(Cl)c2)cc1)[C@H](O)[C@@H](O)C(=O)CCCC(=O)O. The molecule has 0 radical (unpaired) electrons. The Morgan fingerprint density at radius 1 is 0.971 bits per heavy atom. The number of carbonyl (C=O) groups excluding carboxylic acids is 2. The number of methoxy groups -OCH3 is 1.